The van der Waals surface area contributed by atoms with Crippen molar-refractivity contribution in [2.24, 2.45) is 5.73 Å². The number of nitrogens with zero attached hydrogens (tertiary/aromatic N) is 1. The topological polar surface area (TPSA) is 67.6 Å². The zero-order chi connectivity index (χ0) is 12.3. The summed E-state index contributed by atoms with van der Waals surface area (Å²) >= 11 is 0. The van der Waals surface area contributed by atoms with Crippen LogP contribution >= 0.6 is 0 Å². The first kappa shape index (κ1) is 11.7. The molecular weight excluding hydrogens is 218 g/mol. The van der Waals surface area contributed by atoms with E-state index in [0.29, 0.717) is 19.6 Å². The normalized spacial score (nSPS) is 19.3. The van der Waals surface area contributed by atoms with Crippen molar-refractivity contribution in [3.05, 3.63) is 29.8 Å². The van der Waals surface area contributed by atoms with E-state index in [1.54, 1.807) is 12.0 Å². The zero-order valence-corrected chi connectivity index (χ0v) is 9.85. The van der Waals surface area contributed by atoms with Crippen LogP contribution in [0.15, 0.2) is 24.3 Å². The molecule has 1 aromatic carbocycles. The van der Waals surface area contributed by atoms with Gasteiger partial charge in [0.2, 0.25) is 0 Å². The van der Waals surface area contributed by atoms with Crippen LogP contribution in [0.5, 0.6) is 5.75 Å². The first-order valence-corrected chi connectivity index (χ1v) is 5.64. The van der Waals surface area contributed by atoms with Gasteiger partial charge in [-0.15, -0.1) is 0 Å². The van der Waals surface area contributed by atoms with Crippen LogP contribution in [0.3, 0.4) is 0 Å². The van der Waals surface area contributed by atoms with Crippen molar-refractivity contribution < 1.29 is 9.53 Å². The van der Waals surface area contributed by atoms with Crippen molar-refractivity contribution in [1.29, 1.82) is 0 Å². The Morgan fingerprint density at radius 3 is 3.12 bits per heavy atom. The molecule has 5 nitrogen and oxygen atoms in total. The molecule has 92 valence electrons. The van der Waals surface area contributed by atoms with E-state index in [-0.39, 0.29) is 12.1 Å². The lowest BCUT2D eigenvalue weighted by molar-refractivity contribution is 0.206. The highest BCUT2D eigenvalue weighted by atomic mass is 16.5. The number of urea groups is 1. The van der Waals surface area contributed by atoms with Crippen molar-refractivity contribution >= 4 is 6.03 Å². The Morgan fingerprint density at radius 1 is 1.59 bits per heavy atom. The van der Waals surface area contributed by atoms with Gasteiger partial charge in [-0.05, 0) is 17.7 Å². The van der Waals surface area contributed by atoms with Crippen LogP contribution in [0.25, 0.3) is 0 Å². The predicted molar refractivity (Wildman–Crippen MR) is 64.9 cm³/mol. The van der Waals surface area contributed by atoms with Crippen LogP contribution < -0.4 is 15.8 Å². The van der Waals surface area contributed by atoms with E-state index in [1.165, 1.54) is 0 Å². The number of rotatable bonds is 4. The Morgan fingerprint density at radius 2 is 2.41 bits per heavy atom. The summed E-state index contributed by atoms with van der Waals surface area (Å²) in [5.41, 5.74) is 6.59. The van der Waals surface area contributed by atoms with E-state index in [0.717, 1.165) is 11.3 Å². The summed E-state index contributed by atoms with van der Waals surface area (Å²) in [5.74, 6) is 0.801. The monoisotopic (exact) mass is 235 g/mol. The fourth-order valence-electron chi connectivity index (χ4n) is 2.08. The van der Waals surface area contributed by atoms with Gasteiger partial charge < -0.3 is 20.7 Å². The Labute approximate surface area is 101 Å². The van der Waals surface area contributed by atoms with Gasteiger partial charge in [-0.3, -0.25) is 0 Å². The van der Waals surface area contributed by atoms with Gasteiger partial charge in [-0.2, -0.15) is 0 Å². The molecule has 0 saturated carbocycles. The van der Waals surface area contributed by atoms with Gasteiger partial charge in [0.05, 0.1) is 13.2 Å². The maximum absolute atomic E-state index is 11.6. The van der Waals surface area contributed by atoms with E-state index in [4.69, 9.17) is 10.5 Å². The maximum atomic E-state index is 11.6. The molecule has 1 aromatic rings. The quantitative estimate of drug-likeness (QED) is 0.808. The smallest absolute Gasteiger partial charge is 0.318 e. The minimum atomic E-state index is -0.0525. The molecule has 0 aromatic heterocycles. The Kier molecular flexibility index (Phi) is 3.49. The van der Waals surface area contributed by atoms with Gasteiger partial charge in [0, 0.05) is 19.6 Å². The maximum Gasteiger partial charge on any atom is 0.318 e. The van der Waals surface area contributed by atoms with Crippen LogP contribution in [0.1, 0.15) is 11.6 Å². The highest BCUT2D eigenvalue weighted by Crippen LogP contribution is 2.26. The molecule has 0 radical (unpaired) electrons. The highest BCUT2D eigenvalue weighted by Gasteiger charge is 2.31. The van der Waals surface area contributed by atoms with Gasteiger partial charge >= 0.3 is 6.03 Å². The second-order valence-electron chi connectivity index (χ2n) is 3.96. The van der Waals surface area contributed by atoms with Crippen molar-refractivity contribution in [2.75, 3.05) is 26.7 Å². The third-order valence-electron chi connectivity index (χ3n) is 2.93. The van der Waals surface area contributed by atoms with Crippen LogP contribution in [0.4, 0.5) is 4.79 Å². The molecule has 17 heavy (non-hydrogen) atoms. The lowest BCUT2D eigenvalue weighted by Gasteiger charge is -2.22. The first-order valence-electron chi connectivity index (χ1n) is 5.64. The Balaban J connectivity index is 2.22. The SMILES string of the molecule is COc1cccc(C2CNC(=O)N2CCN)c1. The molecule has 1 atom stereocenters. The Bertz CT molecular complexity index is 408. The lowest BCUT2D eigenvalue weighted by atomic mass is 10.1. The molecule has 0 aliphatic carbocycles. The molecule has 1 fully saturated rings. The van der Waals surface area contributed by atoms with Crippen LogP contribution in [0, 0.1) is 0 Å². The summed E-state index contributed by atoms with van der Waals surface area (Å²) in [6.45, 7) is 1.65. The second kappa shape index (κ2) is 5.05. The van der Waals surface area contributed by atoms with E-state index in [1.807, 2.05) is 24.3 Å². The van der Waals surface area contributed by atoms with Gasteiger partial charge in [0.15, 0.2) is 0 Å². The molecule has 0 bridgehead atoms. The van der Waals surface area contributed by atoms with E-state index >= 15 is 0 Å². The van der Waals surface area contributed by atoms with Crippen molar-refractivity contribution in [3.8, 4) is 5.75 Å². The minimum absolute atomic E-state index is 0.0427. The molecule has 1 unspecified atom stereocenters. The third-order valence-corrected chi connectivity index (χ3v) is 2.93. The fourth-order valence-corrected chi connectivity index (χ4v) is 2.08. The molecule has 1 saturated heterocycles. The summed E-state index contributed by atoms with van der Waals surface area (Å²) in [5, 5.41) is 2.83. The van der Waals surface area contributed by atoms with E-state index in [9.17, 15) is 4.79 Å². The summed E-state index contributed by atoms with van der Waals surface area (Å²) in [4.78, 5) is 13.4. The number of amides is 2. The molecule has 1 aliphatic heterocycles. The molecule has 2 amide bonds. The van der Waals surface area contributed by atoms with Gasteiger partial charge in [0.25, 0.3) is 0 Å². The standard InChI is InChI=1S/C12H17N3O2/c1-17-10-4-2-3-9(7-10)11-8-14-12(16)15(11)6-5-13/h2-4,7,11H,5-6,8,13H2,1H3,(H,14,16). The van der Waals surface area contributed by atoms with E-state index < -0.39 is 0 Å². The second-order valence-corrected chi connectivity index (χ2v) is 3.96. The number of benzene rings is 1. The van der Waals surface area contributed by atoms with E-state index in [2.05, 4.69) is 5.32 Å². The largest absolute Gasteiger partial charge is 0.497 e. The predicted octanol–water partition coefficient (Wildman–Crippen LogP) is 0.720. The zero-order valence-electron chi connectivity index (χ0n) is 9.85. The molecule has 1 aliphatic rings. The average Bonchev–Trinajstić information content (AvgIpc) is 2.72. The lowest BCUT2D eigenvalue weighted by Crippen LogP contribution is -2.34. The van der Waals surface area contributed by atoms with Gasteiger partial charge in [0.1, 0.15) is 5.75 Å². The summed E-state index contributed by atoms with van der Waals surface area (Å²) in [6, 6.07) is 7.76. The van der Waals surface area contributed by atoms with Crippen molar-refractivity contribution in [2.45, 2.75) is 6.04 Å². The number of carbonyl (C=O) groups is 1. The van der Waals surface area contributed by atoms with Crippen LogP contribution in [0.2, 0.25) is 0 Å². The van der Waals surface area contributed by atoms with Crippen LogP contribution in [-0.2, 0) is 0 Å². The molecule has 5 heteroatoms. The number of hydrogen-bond acceptors (Lipinski definition) is 3. The minimum Gasteiger partial charge on any atom is -0.497 e. The number of nitrogens with two attached hydrogens (primary N) is 1. The van der Waals surface area contributed by atoms with Crippen molar-refractivity contribution in [1.82, 2.24) is 10.2 Å². The number of carbonyl (C=O) groups excluding carboxylic acids is 1. The fraction of sp³-hybridized carbons (Fsp3) is 0.417. The number of methoxy groups -OCH3 is 1. The van der Waals surface area contributed by atoms with Gasteiger partial charge in [-0.25, -0.2) is 4.79 Å². The Hall–Kier alpha value is -1.75. The first-order chi connectivity index (χ1) is 8.26. The van der Waals surface area contributed by atoms with Crippen LogP contribution in [-0.4, -0.2) is 37.7 Å². The summed E-state index contributed by atoms with van der Waals surface area (Å²) < 4.78 is 5.19. The number of ether oxygens (including phenoxy) is 1. The average molecular weight is 235 g/mol. The molecule has 1 heterocycles. The molecular formula is C12H17N3O2. The molecule has 0 spiro atoms. The molecule has 3 N–H and O–H groups in total. The summed E-state index contributed by atoms with van der Waals surface area (Å²) in [7, 11) is 1.63. The summed E-state index contributed by atoms with van der Waals surface area (Å²) in [6.07, 6.45) is 0. The third kappa shape index (κ3) is 2.34. The van der Waals surface area contributed by atoms with Crippen molar-refractivity contribution in [3.63, 3.8) is 0 Å². The number of hydrogen-bond donors (Lipinski definition) is 2. The highest BCUT2D eigenvalue weighted by molar-refractivity contribution is 5.77. The number of nitrogens with one attached hydrogen (secondary N) is 1. The molecule has 2 rings (SSSR count). The van der Waals surface area contributed by atoms with Gasteiger partial charge in [-0.1, -0.05) is 12.1 Å².